The number of para-hydroxylation sites is 1. The molecule has 1 amide bonds. The number of methoxy groups -OCH3 is 1. The highest BCUT2D eigenvalue weighted by Gasteiger charge is 2.16. The summed E-state index contributed by atoms with van der Waals surface area (Å²) in [6.07, 6.45) is 0. The Bertz CT molecular complexity index is 800. The SMILES string of the molecule is COc1ccccc1CNC(=O)c1scnc1-c1ccccc1. The lowest BCUT2D eigenvalue weighted by atomic mass is 10.1. The van der Waals surface area contributed by atoms with E-state index in [9.17, 15) is 4.79 Å². The van der Waals surface area contributed by atoms with E-state index < -0.39 is 0 Å². The zero-order valence-electron chi connectivity index (χ0n) is 12.7. The van der Waals surface area contributed by atoms with Gasteiger partial charge in [-0.3, -0.25) is 4.79 Å². The summed E-state index contributed by atoms with van der Waals surface area (Å²) in [6.45, 7) is 0.412. The predicted octanol–water partition coefficient (Wildman–Crippen LogP) is 3.75. The van der Waals surface area contributed by atoms with E-state index in [0.717, 1.165) is 16.9 Å². The van der Waals surface area contributed by atoms with E-state index in [-0.39, 0.29) is 5.91 Å². The minimum absolute atomic E-state index is 0.128. The maximum absolute atomic E-state index is 12.5. The van der Waals surface area contributed by atoms with Crippen LogP contribution in [0, 0.1) is 0 Å². The molecule has 3 aromatic rings. The van der Waals surface area contributed by atoms with Crippen molar-refractivity contribution >= 4 is 17.2 Å². The van der Waals surface area contributed by atoms with Crippen LogP contribution < -0.4 is 10.1 Å². The van der Waals surface area contributed by atoms with Crippen molar-refractivity contribution in [2.45, 2.75) is 6.54 Å². The molecule has 2 aromatic carbocycles. The van der Waals surface area contributed by atoms with Gasteiger partial charge >= 0.3 is 0 Å². The third-order valence-corrected chi connectivity index (χ3v) is 4.28. The van der Waals surface area contributed by atoms with Crippen LogP contribution in [0.1, 0.15) is 15.2 Å². The van der Waals surface area contributed by atoms with Gasteiger partial charge in [0, 0.05) is 17.7 Å². The maximum Gasteiger partial charge on any atom is 0.263 e. The molecule has 5 heteroatoms. The Labute approximate surface area is 138 Å². The van der Waals surface area contributed by atoms with Crippen LogP contribution in [0.25, 0.3) is 11.3 Å². The molecule has 0 aliphatic heterocycles. The first-order valence-electron chi connectivity index (χ1n) is 7.18. The third kappa shape index (κ3) is 3.40. The number of thiazole rings is 1. The second kappa shape index (κ2) is 7.07. The van der Waals surface area contributed by atoms with E-state index in [1.54, 1.807) is 12.6 Å². The standard InChI is InChI=1S/C18H16N2O2S/c1-22-15-10-6-5-9-14(15)11-19-18(21)17-16(20-12-23-17)13-7-3-2-4-8-13/h2-10,12H,11H2,1H3,(H,19,21). The molecular weight excluding hydrogens is 308 g/mol. The summed E-state index contributed by atoms with van der Waals surface area (Å²) < 4.78 is 5.30. The van der Waals surface area contributed by atoms with Crippen LogP contribution in [0.15, 0.2) is 60.1 Å². The summed E-state index contributed by atoms with van der Waals surface area (Å²) in [6, 6.07) is 17.4. The largest absolute Gasteiger partial charge is 0.496 e. The number of nitrogens with one attached hydrogen (secondary N) is 1. The van der Waals surface area contributed by atoms with Crippen LogP contribution in [0.3, 0.4) is 0 Å². The minimum Gasteiger partial charge on any atom is -0.496 e. The number of carbonyl (C=O) groups excluding carboxylic acids is 1. The van der Waals surface area contributed by atoms with Gasteiger partial charge in [-0.2, -0.15) is 0 Å². The number of aromatic nitrogens is 1. The smallest absolute Gasteiger partial charge is 0.263 e. The van der Waals surface area contributed by atoms with Crippen LogP contribution in [0.5, 0.6) is 5.75 Å². The molecule has 1 heterocycles. The summed E-state index contributed by atoms with van der Waals surface area (Å²) in [5.41, 5.74) is 4.29. The molecule has 0 fully saturated rings. The lowest BCUT2D eigenvalue weighted by Gasteiger charge is -2.09. The molecule has 3 rings (SSSR count). The second-order valence-corrected chi connectivity index (χ2v) is 5.75. The van der Waals surface area contributed by atoms with E-state index >= 15 is 0 Å². The van der Waals surface area contributed by atoms with Crippen LogP contribution in [0.4, 0.5) is 0 Å². The Morgan fingerprint density at radius 2 is 1.87 bits per heavy atom. The number of hydrogen-bond donors (Lipinski definition) is 1. The molecule has 4 nitrogen and oxygen atoms in total. The Morgan fingerprint density at radius 3 is 2.65 bits per heavy atom. The van der Waals surface area contributed by atoms with Crippen molar-refractivity contribution < 1.29 is 9.53 Å². The highest BCUT2D eigenvalue weighted by molar-refractivity contribution is 7.12. The normalized spacial score (nSPS) is 10.3. The number of ether oxygens (including phenoxy) is 1. The van der Waals surface area contributed by atoms with Gasteiger partial charge in [-0.25, -0.2) is 4.98 Å². The van der Waals surface area contributed by atoms with Gasteiger partial charge in [0.2, 0.25) is 0 Å². The minimum atomic E-state index is -0.128. The van der Waals surface area contributed by atoms with Gasteiger partial charge < -0.3 is 10.1 Å². The summed E-state index contributed by atoms with van der Waals surface area (Å²) in [7, 11) is 1.62. The van der Waals surface area contributed by atoms with Gasteiger partial charge in [-0.1, -0.05) is 48.5 Å². The fourth-order valence-corrected chi connectivity index (χ4v) is 3.04. The fraction of sp³-hybridized carbons (Fsp3) is 0.111. The van der Waals surface area contributed by atoms with Gasteiger partial charge in [0.15, 0.2) is 0 Å². The van der Waals surface area contributed by atoms with E-state index in [4.69, 9.17) is 4.74 Å². The molecule has 23 heavy (non-hydrogen) atoms. The third-order valence-electron chi connectivity index (χ3n) is 3.45. The highest BCUT2D eigenvalue weighted by atomic mass is 32.1. The quantitative estimate of drug-likeness (QED) is 0.777. The molecule has 1 aromatic heterocycles. The van der Waals surface area contributed by atoms with Crippen LogP contribution >= 0.6 is 11.3 Å². The number of benzene rings is 2. The van der Waals surface area contributed by atoms with Crippen molar-refractivity contribution in [2.75, 3.05) is 7.11 Å². The van der Waals surface area contributed by atoms with Crippen LogP contribution in [-0.2, 0) is 6.54 Å². The topological polar surface area (TPSA) is 51.2 Å². The summed E-state index contributed by atoms with van der Waals surface area (Å²) in [5, 5.41) is 2.94. The molecular formula is C18H16N2O2S. The molecule has 0 aliphatic rings. The van der Waals surface area contributed by atoms with Crippen molar-refractivity contribution in [3.05, 3.63) is 70.5 Å². The first kappa shape index (κ1) is 15.2. The van der Waals surface area contributed by atoms with Gasteiger partial charge in [-0.15, -0.1) is 11.3 Å². The summed E-state index contributed by atoms with van der Waals surface area (Å²) in [4.78, 5) is 17.4. The van der Waals surface area contributed by atoms with Crippen molar-refractivity contribution in [1.82, 2.24) is 10.3 Å². The molecule has 0 saturated carbocycles. The van der Waals surface area contributed by atoms with E-state index in [2.05, 4.69) is 10.3 Å². The number of nitrogens with zero attached hydrogens (tertiary/aromatic N) is 1. The lowest BCUT2D eigenvalue weighted by molar-refractivity contribution is 0.0955. The average Bonchev–Trinajstić information content (AvgIpc) is 3.10. The Kier molecular flexibility index (Phi) is 4.68. The van der Waals surface area contributed by atoms with Crippen LogP contribution in [-0.4, -0.2) is 18.0 Å². The van der Waals surface area contributed by atoms with Crippen LogP contribution in [0.2, 0.25) is 0 Å². The Hall–Kier alpha value is -2.66. The van der Waals surface area contributed by atoms with Crippen molar-refractivity contribution in [3.8, 4) is 17.0 Å². The van der Waals surface area contributed by atoms with Crippen molar-refractivity contribution in [3.63, 3.8) is 0 Å². The second-order valence-electron chi connectivity index (χ2n) is 4.89. The molecule has 0 spiro atoms. The highest BCUT2D eigenvalue weighted by Crippen LogP contribution is 2.25. The van der Waals surface area contributed by atoms with E-state index in [1.165, 1.54) is 11.3 Å². The lowest BCUT2D eigenvalue weighted by Crippen LogP contribution is -2.22. The summed E-state index contributed by atoms with van der Waals surface area (Å²) in [5.74, 6) is 0.637. The number of hydrogen-bond acceptors (Lipinski definition) is 4. The van der Waals surface area contributed by atoms with Gasteiger partial charge in [0.1, 0.15) is 10.6 Å². The number of rotatable bonds is 5. The Morgan fingerprint density at radius 1 is 1.13 bits per heavy atom. The van der Waals surface area contributed by atoms with Gasteiger partial charge in [0.25, 0.3) is 5.91 Å². The predicted molar refractivity (Wildman–Crippen MR) is 91.7 cm³/mol. The Balaban J connectivity index is 1.76. The van der Waals surface area contributed by atoms with Gasteiger partial charge in [0.05, 0.1) is 18.3 Å². The molecule has 116 valence electrons. The first-order valence-corrected chi connectivity index (χ1v) is 8.06. The molecule has 0 aliphatic carbocycles. The molecule has 0 saturated heterocycles. The van der Waals surface area contributed by atoms with Crippen molar-refractivity contribution in [2.24, 2.45) is 0 Å². The van der Waals surface area contributed by atoms with E-state index in [1.807, 2.05) is 54.6 Å². The average molecular weight is 324 g/mol. The summed E-state index contributed by atoms with van der Waals surface area (Å²) >= 11 is 1.34. The van der Waals surface area contributed by atoms with E-state index in [0.29, 0.717) is 17.1 Å². The number of amides is 1. The molecule has 0 radical (unpaired) electrons. The van der Waals surface area contributed by atoms with Gasteiger partial charge in [-0.05, 0) is 6.07 Å². The van der Waals surface area contributed by atoms with Crippen molar-refractivity contribution in [1.29, 1.82) is 0 Å². The fourth-order valence-electron chi connectivity index (χ4n) is 2.31. The molecule has 0 bridgehead atoms. The maximum atomic E-state index is 12.5. The number of carbonyl (C=O) groups is 1. The first-order chi connectivity index (χ1) is 11.3. The zero-order valence-corrected chi connectivity index (χ0v) is 13.5. The zero-order chi connectivity index (χ0) is 16.1. The molecule has 0 unspecified atom stereocenters. The molecule has 0 atom stereocenters. The monoisotopic (exact) mass is 324 g/mol. The molecule has 1 N–H and O–H groups in total.